The molecule has 0 radical (unpaired) electrons. The normalized spacial score (nSPS) is 10.7. The van der Waals surface area contributed by atoms with Crippen molar-refractivity contribution in [3.05, 3.63) is 24.3 Å². The number of nitrogens with zero attached hydrogens (tertiary/aromatic N) is 2. The summed E-state index contributed by atoms with van der Waals surface area (Å²) in [7, 11) is 4.08. The van der Waals surface area contributed by atoms with E-state index in [1.807, 2.05) is 38.4 Å². The lowest BCUT2D eigenvalue weighted by Gasteiger charge is -2.27. The van der Waals surface area contributed by atoms with E-state index in [1.165, 1.54) is 0 Å². The molecule has 0 aliphatic carbocycles. The second-order valence-electron chi connectivity index (χ2n) is 5.60. The molecule has 1 rings (SSSR count). The van der Waals surface area contributed by atoms with Crippen LogP contribution in [0.4, 0.5) is 5.69 Å². The van der Waals surface area contributed by atoms with Gasteiger partial charge >= 0.3 is 5.97 Å². The van der Waals surface area contributed by atoms with Gasteiger partial charge in [0, 0.05) is 13.1 Å². The third-order valence-electron chi connectivity index (χ3n) is 3.30. The molecule has 1 aromatic carbocycles. The van der Waals surface area contributed by atoms with Gasteiger partial charge in [0.15, 0.2) is 0 Å². The van der Waals surface area contributed by atoms with Crippen molar-refractivity contribution < 1.29 is 14.6 Å². The highest BCUT2D eigenvalue weighted by Gasteiger charge is 2.13. The molecular formula is C17H28N2O3. The molecule has 0 saturated heterocycles. The van der Waals surface area contributed by atoms with Crippen LogP contribution in [0.2, 0.25) is 0 Å². The maximum atomic E-state index is 10.9. The van der Waals surface area contributed by atoms with Gasteiger partial charge in [-0.3, -0.25) is 4.79 Å². The van der Waals surface area contributed by atoms with Crippen molar-refractivity contribution in [3.63, 3.8) is 0 Å². The molecule has 124 valence electrons. The third kappa shape index (κ3) is 6.80. The van der Waals surface area contributed by atoms with Gasteiger partial charge in [0.05, 0.1) is 18.7 Å². The minimum atomic E-state index is -0.774. The van der Waals surface area contributed by atoms with Crippen LogP contribution < -0.4 is 9.64 Å². The maximum absolute atomic E-state index is 10.9. The average molecular weight is 308 g/mol. The summed E-state index contributed by atoms with van der Waals surface area (Å²) in [5.41, 5.74) is 0.982. The number of hydrogen-bond acceptors (Lipinski definition) is 4. The molecular weight excluding hydrogens is 280 g/mol. The number of carboxylic acid groups (broad SMARTS) is 1. The predicted octanol–water partition coefficient (Wildman–Crippen LogP) is 2.71. The third-order valence-corrected chi connectivity index (χ3v) is 3.30. The van der Waals surface area contributed by atoms with Gasteiger partial charge in [-0.05, 0) is 45.6 Å². The van der Waals surface area contributed by atoms with Gasteiger partial charge in [-0.15, -0.1) is 0 Å². The molecule has 0 aromatic heterocycles. The van der Waals surface area contributed by atoms with E-state index in [0.717, 1.165) is 37.4 Å². The van der Waals surface area contributed by atoms with Gasteiger partial charge in [-0.1, -0.05) is 19.1 Å². The van der Waals surface area contributed by atoms with Gasteiger partial charge in [0.25, 0.3) is 0 Å². The number of rotatable bonds is 11. The van der Waals surface area contributed by atoms with Crippen LogP contribution in [-0.4, -0.2) is 56.3 Å². The Bertz CT molecular complexity index is 449. The van der Waals surface area contributed by atoms with Crippen LogP contribution in [0.3, 0.4) is 0 Å². The molecule has 0 spiro atoms. The second kappa shape index (κ2) is 10.1. The number of benzene rings is 1. The summed E-state index contributed by atoms with van der Waals surface area (Å²) >= 11 is 0. The van der Waals surface area contributed by atoms with Crippen LogP contribution >= 0.6 is 0 Å². The SMILES string of the molecule is CCCOc1ccccc1N(CCCN(C)C)CCC(=O)O. The van der Waals surface area contributed by atoms with Gasteiger partial charge in [0.1, 0.15) is 5.75 Å². The summed E-state index contributed by atoms with van der Waals surface area (Å²) in [6, 6.07) is 7.87. The highest BCUT2D eigenvalue weighted by atomic mass is 16.5. The fourth-order valence-electron chi connectivity index (χ4n) is 2.21. The number of anilines is 1. The lowest BCUT2D eigenvalue weighted by atomic mass is 10.2. The quantitative estimate of drug-likeness (QED) is 0.681. The smallest absolute Gasteiger partial charge is 0.305 e. The molecule has 0 aliphatic heterocycles. The Hall–Kier alpha value is -1.75. The first-order valence-corrected chi connectivity index (χ1v) is 7.88. The molecule has 0 aliphatic rings. The van der Waals surface area contributed by atoms with Crippen molar-refractivity contribution in [2.75, 3.05) is 45.2 Å². The van der Waals surface area contributed by atoms with Gasteiger partial charge in [-0.25, -0.2) is 0 Å². The van der Waals surface area contributed by atoms with Crippen molar-refractivity contribution in [1.29, 1.82) is 0 Å². The summed E-state index contributed by atoms with van der Waals surface area (Å²) in [6.07, 6.45) is 2.06. The monoisotopic (exact) mass is 308 g/mol. The molecule has 1 aromatic rings. The van der Waals surface area contributed by atoms with Crippen LogP contribution in [0.1, 0.15) is 26.2 Å². The van der Waals surface area contributed by atoms with Crippen molar-refractivity contribution in [1.82, 2.24) is 4.90 Å². The lowest BCUT2D eigenvalue weighted by molar-refractivity contribution is -0.136. The van der Waals surface area contributed by atoms with E-state index in [-0.39, 0.29) is 6.42 Å². The number of hydrogen-bond donors (Lipinski definition) is 1. The van der Waals surface area contributed by atoms with E-state index < -0.39 is 5.97 Å². The zero-order valence-electron chi connectivity index (χ0n) is 13.9. The van der Waals surface area contributed by atoms with E-state index >= 15 is 0 Å². The first kappa shape index (κ1) is 18.3. The Morgan fingerprint density at radius 3 is 2.55 bits per heavy atom. The predicted molar refractivity (Wildman–Crippen MR) is 89.9 cm³/mol. The Morgan fingerprint density at radius 2 is 1.91 bits per heavy atom. The van der Waals surface area contributed by atoms with Crippen LogP contribution in [-0.2, 0) is 4.79 Å². The Balaban J connectivity index is 2.81. The first-order chi connectivity index (χ1) is 10.5. The molecule has 0 atom stereocenters. The zero-order valence-corrected chi connectivity index (χ0v) is 13.9. The van der Waals surface area contributed by atoms with E-state index in [1.54, 1.807) is 0 Å². The van der Waals surface area contributed by atoms with Gasteiger partial charge < -0.3 is 19.6 Å². The Labute approximate surface area is 133 Å². The molecule has 0 amide bonds. The fraction of sp³-hybridized carbons (Fsp3) is 0.588. The van der Waals surface area contributed by atoms with Crippen LogP contribution in [0.5, 0.6) is 5.75 Å². The fourth-order valence-corrected chi connectivity index (χ4v) is 2.21. The van der Waals surface area contributed by atoms with Crippen molar-refractivity contribution in [2.24, 2.45) is 0 Å². The van der Waals surface area contributed by atoms with Crippen molar-refractivity contribution in [3.8, 4) is 5.75 Å². The average Bonchev–Trinajstić information content (AvgIpc) is 2.48. The number of ether oxygens (including phenoxy) is 1. The number of para-hydroxylation sites is 2. The molecule has 5 nitrogen and oxygen atoms in total. The van der Waals surface area contributed by atoms with Gasteiger partial charge in [-0.2, -0.15) is 0 Å². The molecule has 0 heterocycles. The summed E-state index contributed by atoms with van der Waals surface area (Å²) < 4.78 is 5.80. The topological polar surface area (TPSA) is 53.0 Å². The summed E-state index contributed by atoms with van der Waals surface area (Å²) in [6.45, 7) is 5.03. The van der Waals surface area contributed by atoms with Crippen LogP contribution in [0.25, 0.3) is 0 Å². The molecule has 5 heteroatoms. The number of carboxylic acids is 1. The molecule has 0 saturated carbocycles. The Morgan fingerprint density at radius 1 is 1.18 bits per heavy atom. The van der Waals surface area contributed by atoms with Crippen molar-refractivity contribution in [2.45, 2.75) is 26.2 Å². The number of carbonyl (C=O) groups is 1. The van der Waals surface area contributed by atoms with Gasteiger partial charge in [0.2, 0.25) is 0 Å². The highest BCUT2D eigenvalue weighted by Crippen LogP contribution is 2.28. The molecule has 1 N–H and O–H groups in total. The molecule has 0 bridgehead atoms. The van der Waals surface area contributed by atoms with Crippen LogP contribution in [0.15, 0.2) is 24.3 Å². The zero-order chi connectivity index (χ0) is 16.4. The summed E-state index contributed by atoms with van der Waals surface area (Å²) in [4.78, 5) is 15.2. The molecule has 0 unspecified atom stereocenters. The van der Waals surface area contributed by atoms with Crippen molar-refractivity contribution >= 4 is 11.7 Å². The second-order valence-corrected chi connectivity index (χ2v) is 5.60. The minimum absolute atomic E-state index is 0.129. The van der Waals surface area contributed by atoms with Crippen LogP contribution in [0, 0.1) is 0 Å². The first-order valence-electron chi connectivity index (χ1n) is 7.88. The lowest BCUT2D eigenvalue weighted by Crippen LogP contribution is -2.30. The molecule has 22 heavy (non-hydrogen) atoms. The summed E-state index contributed by atoms with van der Waals surface area (Å²) in [5.74, 6) is 0.0594. The maximum Gasteiger partial charge on any atom is 0.305 e. The molecule has 0 fully saturated rings. The number of aliphatic carboxylic acids is 1. The highest BCUT2D eigenvalue weighted by molar-refractivity contribution is 5.68. The standard InChI is InChI=1S/C17H28N2O3/c1-4-14-22-16-9-6-5-8-15(16)19(13-10-17(20)21)12-7-11-18(2)3/h5-6,8-9H,4,7,10-14H2,1-3H3,(H,20,21). The van der Waals surface area contributed by atoms with E-state index in [0.29, 0.717) is 13.2 Å². The minimum Gasteiger partial charge on any atom is -0.491 e. The van der Waals surface area contributed by atoms with E-state index in [9.17, 15) is 4.79 Å². The largest absolute Gasteiger partial charge is 0.491 e. The summed E-state index contributed by atoms with van der Waals surface area (Å²) in [5, 5.41) is 8.97. The van der Waals surface area contributed by atoms with E-state index in [2.05, 4.69) is 16.7 Å². The Kier molecular flexibility index (Phi) is 8.36. The van der Waals surface area contributed by atoms with E-state index in [4.69, 9.17) is 9.84 Å².